The number of carbonyl (C=O) groups excluding carboxylic acids is 1. The van der Waals surface area contributed by atoms with Crippen LogP contribution in [0.3, 0.4) is 0 Å². The van der Waals surface area contributed by atoms with Crippen molar-refractivity contribution in [1.29, 1.82) is 0 Å². The molecule has 1 rings (SSSR count). The summed E-state index contributed by atoms with van der Waals surface area (Å²) < 4.78 is 5.24. The number of nitrogens with two attached hydrogens (primary N) is 1. The number of benzene rings is 1. The van der Waals surface area contributed by atoms with Crippen molar-refractivity contribution in [3.8, 4) is 5.75 Å². The van der Waals surface area contributed by atoms with Crippen molar-refractivity contribution in [1.82, 2.24) is 0 Å². The predicted molar refractivity (Wildman–Crippen MR) is 116 cm³/mol. The summed E-state index contributed by atoms with van der Waals surface area (Å²) in [5.74, 6) is 0.597. The molecule has 0 amide bonds. The zero-order chi connectivity index (χ0) is 19.4. The molecule has 0 heterocycles. The van der Waals surface area contributed by atoms with Gasteiger partial charge in [0.15, 0.2) is 0 Å². The number of alkyl halides is 2. The summed E-state index contributed by atoms with van der Waals surface area (Å²) in [5.41, 5.74) is 7.47. The van der Waals surface area contributed by atoms with Gasteiger partial charge in [0.2, 0.25) is 0 Å². The van der Waals surface area contributed by atoms with Gasteiger partial charge in [0.1, 0.15) is 11.8 Å². The Morgan fingerprint density at radius 3 is 2.48 bits per heavy atom. The number of hydrogen-bond donors (Lipinski definition) is 2. The maximum Gasteiger partial charge on any atom is 0.323 e. The summed E-state index contributed by atoms with van der Waals surface area (Å²) in [5, 5.41) is 10.1. The minimum atomic E-state index is -0.729. The number of carbonyl (C=O) groups is 1. The second-order valence-electron chi connectivity index (χ2n) is 6.23. The molecule has 0 aliphatic heterocycles. The van der Waals surface area contributed by atoms with Crippen LogP contribution in [0.5, 0.6) is 5.75 Å². The second-order valence-corrected chi connectivity index (χ2v) is 6.98. The van der Waals surface area contributed by atoms with Gasteiger partial charge in [0.25, 0.3) is 0 Å². The van der Waals surface area contributed by atoms with E-state index in [0.29, 0.717) is 43.6 Å². The van der Waals surface area contributed by atoms with Crippen molar-refractivity contribution in [3.63, 3.8) is 0 Å². The van der Waals surface area contributed by atoms with Gasteiger partial charge < -0.3 is 20.5 Å². The number of halogens is 3. The molecular weight excluding hydrogens is 411 g/mol. The van der Waals surface area contributed by atoms with E-state index in [-0.39, 0.29) is 18.2 Å². The number of phenolic OH excluding ortho intramolecular Hbond substituents is 1. The summed E-state index contributed by atoms with van der Waals surface area (Å²) in [6, 6.07) is 4.45. The van der Waals surface area contributed by atoms with E-state index in [9.17, 15) is 9.90 Å². The molecule has 0 aliphatic rings. The van der Waals surface area contributed by atoms with Crippen molar-refractivity contribution < 1.29 is 14.6 Å². The highest BCUT2D eigenvalue weighted by Crippen LogP contribution is 2.29. The minimum Gasteiger partial charge on any atom is -0.506 e. The normalized spacial score (nSPS) is 11.6. The van der Waals surface area contributed by atoms with E-state index >= 15 is 0 Å². The molecule has 5 nitrogen and oxygen atoms in total. The summed E-state index contributed by atoms with van der Waals surface area (Å²) in [6.45, 7) is 3.68. The number of ether oxygens (including phenoxy) is 1. The van der Waals surface area contributed by atoms with E-state index in [1.807, 2.05) is 11.0 Å². The molecule has 0 fully saturated rings. The molecule has 0 saturated carbocycles. The van der Waals surface area contributed by atoms with Crippen molar-refractivity contribution in [2.75, 3.05) is 36.4 Å². The Labute approximate surface area is 178 Å². The summed E-state index contributed by atoms with van der Waals surface area (Å²) in [7, 11) is 0. The van der Waals surface area contributed by atoms with Gasteiger partial charge in [-0.25, -0.2) is 0 Å². The maximum absolute atomic E-state index is 12.0. The number of rotatable bonds is 13. The predicted octanol–water partition coefficient (Wildman–Crippen LogP) is 4.09. The van der Waals surface area contributed by atoms with E-state index in [1.54, 1.807) is 12.1 Å². The number of anilines is 1. The molecule has 156 valence electrons. The van der Waals surface area contributed by atoms with Crippen molar-refractivity contribution in [2.45, 2.75) is 45.1 Å². The zero-order valence-electron chi connectivity index (χ0n) is 15.8. The number of esters is 1. The van der Waals surface area contributed by atoms with E-state index < -0.39 is 12.0 Å². The van der Waals surface area contributed by atoms with Gasteiger partial charge in [-0.1, -0.05) is 32.3 Å². The average Bonchev–Trinajstić information content (AvgIpc) is 2.62. The lowest BCUT2D eigenvalue weighted by Crippen LogP contribution is -2.34. The maximum atomic E-state index is 12.0. The number of aromatic hydroxyl groups is 1. The van der Waals surface area contributed by atoms with E-state index in [2.05, 4.69) is 6.92 Å². The Hall–Kier alpha value is -0.880. The van der Waals surface area contributed by atoms with Crippen LogP contribution < -0.4 is 10.6 Å². The standard InChI is InChI=1S/C19H30Cl2N2O3.ClH/c1-2-3-4-5-12-26-19(25)16(22)13-15-6-7-18(24)17(14-15)23(10-8-20)11-9-21;/h6-7,14,16,24H,2-5,8-13,22H2,1H3;1H. The fraction of sp³-hybridized carbons (Fsp3) is 0.632. The third-order valence-corrected chi connectivity index (χ3v) is 4.43. The van der Waals surface area contributed by atoms with Crippen molar-refractivity contribution in [3.05, 3.63) is 23.8 Å². The van der Waals surface area contributed by atoms with Crippen LogP contribution in [-0.2, 0) is 16.0 Å². The molecule has 1 aromatic carbocycles. The monoisotopic (exact) mass is 440 g/mol. The molecule has 1 aromatic rings. The number of phenols is 1. The molecule has 8 heteroatoms. The first-order valence-corrected chi connectivity index (χ1v) is 10.2. The molecule has 0 bridgehead atoms. The Morgan fingerprint density at radius 1 is 1.22 bits per heavy atom. The van der Waals surface area contributed by atoms with Crippen LogP contribution in [0.4, 0.5) is 5.69 Å². The van der Waals surface area contributed by atoms with Gasteiger partial charge in [-0.15, -0.1) is 35.6 Å². The zero-order valence-corrected chi connectivity index (χ0v) is 18.2. The van der Waals surface area contributed by atoms with Gasteiger partial charge in [0, 0.05) is 24.8 Å². The number of nitrogens with zero attached hydrogens (tertiary/aromatic N) is 1. The molecule has 0 saturated heterocycles. The molecule has 1 atom stereocenters. The lowest BCUT2D eigenvalue weighted by Gasteiger charge is -2.24. The lowest BCUT2D eigenvalue weighted by atomic mass is 10.0. The highest BCUT2D eigenvalue weighted by molar-refractivity contribution is 6.18. The van der Waals surface area contributed by atoms with Gasteiger partial charge in [-0.05, 0) is 30.5 Å². The first-order chi connectivity index (χ1) is 12.5. The van der Waals surface area contributed by atoms with E-state index in [1.165, 1.54) is 0 Å². The summed E-state index contributed by atoms with van der Waals surface area (Å²) in [4.78, 5) is 13.9. The lowest BCUT2D eigenvalue weighted by molar-refractivity contribution is -0.145. The third-order valence-electron chi connectivity index (χ3n) is 4.09. The molecular formula is C19H31Cl3N2O3. The smallest absolute Gasteiger partial charge is 0.323 e. The molecule has 1 unspecified atom stereocenters. The van der Waals surface area contributed by atoms with Crippen LogP contribution in [0, 0.1) is 0 Å². The Kier molecular flexibility index (Phi) is 14.6. The van der Waals surface area contributed by atoms with Crippen molar-refractivity contribution >= 4 is 47.3 Å². The SMILES string of the molecule is CCCCCCOC(=O)C(N)Cc1ccc(O)c(N(CCCl)CCCl)c1.Cl. The molecule has 0 aliphatic carbocycles. The first kappa shape index (κ1) is 26.1. The summed E-state index contributed by atoms with van der Waals surface area (Å²) >= 11 is 11.7. The molecule has 0 spiro atoms. The van der Waals surface area contributed by atoms with E-state index in [4.69, 9.17) is 33.7 Å². The van der Waals surface area contributed by atoms with Crippen LogP contribution in [0.2, 0.25) is 0 Å². The van der Waals surface area contributed by atoms with Gasteiger partial charge >= 0.3 is 5.97 Å². The van der Waals surface area contributed by atoms with Crippen molar-refractivity contribution in [2.24, 2.45) is 5.73 Å². The van der Waals surface area contributed by atoms with Gasteiger partial charge in [0.05, 0.1) is 12.3 Å². The Morgan fingerprint density at radius 2 is 1.89 bits per heavy atom. The highest BCUT2D eigenvalue weighted by Gasteiger charge is 2.18. The Bertz CT molecular complexity index is 541. The molecule has 3 N–H and O–H groups in total. The summed E-state index contributed by atoms with van der Waals surface area (Å²) in [6.07, 6.45) is 4.54. The topological polar surface area (TPSA) is 75.8 Å². The first-order valence-electron chi connectivity index (χ1n) is 9.14. The second kappa shape index (κ2) is 15.1. The molecule has 27 heavy (non-hydrogen) atoms. The quantitative estimate of drug-likeness (QED) is 0.274. The fourth-order valence-corrected chi connectivity index (χ4v) is 3.06. The van der Waals surface area contributed by atoms with Gasteiger partial charge in [-0.3, -0.25) is 4.79 Å². The third kappa shape index (κ3) is 9.74. The highest BCUT2D eigenvalue weighted by atomic mass is 35.5. The largest absolute Gasteiger partial charge is 0.506 e. The molecule has 0 aromatic heterocycles. The Balaban J connectivity index is 0.00000676. The number of unbranched alkanes of at least 4 members (excludes halogenated alkanes) is 3. The number of hydrogen-bond acceptors (Lipinski definition) is 5. The van der Waals surface area contributed by atoms with E-state index in [0.717, 1.165) is 31.2 Å². The van der Waals surface area contributed by atoms with Crippen LogP contribution in [0.15, 0.2) is 18.2 Å². The average molecular weight is 442 g/mol. The fourth-order valence-electron chi connectivity index (χ4n) is 2.65. The van der Waals surface area contributed by atoms with Crippen LogP contribution >= 0.6 is 35.6 Å². The minimum absolute atomic E-state index is 0. The van der Waals surface area contributed by atoms with Crippen LogP contribution in [-0.4, -0.2) is 48.6 Å². The van der Waals surface area contributed by atoms with Crippen LogP contribution in [0.1, 0.15) is 38.2 Å². The van der Waals surface area contributed by atoms with Gasteiger partial charge in [-0.2, -0.15) is 0 Å². The van der Waals surface area contributed by atoms with Crippen LogP contribution in [0.25, 0.3) is 0 Å². The molecule has 0 radical (unpaired) electrons.